The van der Waals surface area contributed by atoms with Gasteiger partial charge in [0, 0.05) is 31.2 Å². The quantitative estimate of drug-likeness (QED) is 0.807. The molecule has 21 heavy (non-hydrogen) atoms. The zero-order chi connectivity index (χ0) is 14.8. The summed E-state index contributed by atoms with van der Waals surface area (Å²) in [7, 11) is 1.52. The molecule has 3 rings (SSSR count). The molecule has 4 nitrogen and oxygen atoms in total. The maximum Gasteiger partial charge on any atom is 0.310 e. The van der Waals surface area contributed by atoms with E-state index in [9.17, 15) is 4.79 Å². The number of esters is 1. The van der Waals surface area contributed by atoms with Crippen LogP contribution in [0, 0.1) is 11.8 Å². The second-order valence-corrected chi connectivity index (χ2v) is 7.38. The van der Waals surface area contributed by atoms with E-state index in [1.165, 1.54) is 45.6 Å². The van der Waals surface area contributed by atoms with Crippen LogP contribution in [0.2, 0.25) is 0 Å². The monoisotopic (exact) mass is 294 g/mol. The van der Waals surface area contributed by atoms with Crippen molar-refractivity contribution in [3.05, 3.63) is 0 Å². The molecule has 3 aliphatic rings. The Morgan fingerprint density at radius 3 is 2.43 bits per heavy atom. The number of nitrogens with zero attached hydrogens (tertiary/aromatic N) is 1. The molecule has 0 spiro atoms. The van der Waals surface area contributed by atoms with E-state index in [1.54, 1.807) is 0 Å². The molecule has 0 aromatic rings. The molecule has 4 heteroatoms. The molecule has 0 bridgehead atoms. The summed E-state index contributed by atoms with van der Waals surface area (Å²) in [6.45, 7) is 4.35. The first-order valence-electron chi connectivity index (χ1n) is 8.75. The molecule has 1 N–H and O–H groups in total. The Labute approximate surface area is 128 Å². The molecular formula is C17H30N2O2. The molecule has 2 saturated carbocycles. The molecule has 4 unspecified atom stereocenters. The normalized spacial score (nSPS) is 38.2. The van der Waals surface area contributed by atoms with Crippen molar-refractivity contribution in [3.63, 3.8) is 0 Å². The lowest BCUT2D eigenvalue weighted by molar-refractivity contribution is -0.148. The van der Waals surface area contributed by atoms with Gasteiger partial charge in [0.1, 0.15) is 0 Å². The summed E-state index contributed by atoms with van der Waals surface area (Å²) in [5.41, 5.74) is 0. The van der Waals surface area contributed by atoms with E-state index in [0.717, 1.165) is 25.4 Å². The summed E-state index contributed by atoms with van der Waals surface area (Å²) in [6, 6.07) is 1.82. The van der Waals surface area contributed by atoms with Crippen LogP contribution in [-0.2, 0) is 9.53 Å². The van der Waals surface area contributed by atoms with E-state index in [-0.39, 0.29) is 11.9 Å². The molecule has 0 amide bonds. The fourth-order valence-electron chi connectivity index (χ4n) is 4.48. The zero-order valence-corrected chi connectivity index (χ0v) is 13.5. The first-order chi connectivity index (χ1) is 10.2. The number of nitrogens with one attached hydrogen (secondary N) is 1. The van der Waals surface area contributed by atoms with E-state index in [4.69, 9.17) is 4.74 Å². The molecule has 1 heterocycles. The van der Waals surface area contributed by atoms with Crippen LogP contribution in [0.4, 0.5) is 0 Å². The highest BCUT2D eigenvalue weighted by Crippen LogP contribution is 2.34. The molecule has 4 atom stereocenters. The zero-order valence-electron chi connectivity index (χ0n) is 13.5. The average Bonchev–Trinajstić information content (AvgIpc) is 2.97. The number of ether oxygens (including phenoxy) is 1. The first kappa shape index (κ1) is 15.3. The van der Waals surface area contributed by atoms with Gasteiger partial charge in [-0.2, -0.15) is 0 Å². The third kappa shape index (κ3) is 3.42. The van der Waals surface area contributed by atoms with E-state index in [2.05, 4.69) is 17.1 Å². The first-order valence-corrected chi connectivity index (χ1v) is 8.75. The molecule has 0 aromatic carbocycles. The van der Waals surface area contributed by atoms with Gasteiger partial charge in [0.15, 0.2) is 0 Å². The van der Waals surface area contributed by atoms with Gasteiger partial charge >= 0.3 is 5.97 Å². The number of hydrogen-bond donors (Lipinski definition) is 1. The van der Waals surface area contributed by atoms with Crippen molar-refractivity contribution in [2.75, 3.05) is 20.2 Å². The van der Waals surface area contributed by atoms with Crippen LogP contribution in [0.15, 0.2) is 0 Å². The SMILES string of the molecule is COC(=O)C1CC(NC2CCCC2)CN(C2CCC2C)C1. The largest absolute Gasteiger partial charge is 0.469 e. The lowest BCUT2D eigenvalue weighted by Crippen LogP contribution is -2.58. The Balaban J connectivity index is 1.62. The number of hydrogen-bond acceptors (Lipinski definition) is 4. The molecule has 1 aliphatic heterocycles. The molecule has 2 aliphatic carbocycles. The highest BCUT2D eigenvalue weighted by molar-refractivity contribution is 5.72. The maximum absolute atomic E-state index is 12.0. The number of carbonyl (C=O) groups is 1. The fourth-order valence-corrected chi connectivity index (χ4v) is 4.48. The Morgan fingerprint density at radius 2 is 1.86 bits per heavy atom. The predicted molar refractivity (Wildman–Crippen MR) is 83.1 cm³/mol. The summed E-state index contributed by atoms with van der Waals surface area (Å²) in [5, 5.41) is 3.83. The van der Waals surface area contributed by atoms with Gasteiger partial charge in [-0.05, 0) is 38.0 Å². The van der Waals surface area contributed by atoms with Gasteiger partial charge in [-0.25, -0.2) is 0 Å². The minimum Gasteiger partial charge on any atom is -0.469 e. The smallest absolute Gasteiger partial charge is 0.310 e. The summed E-state index contributed by atoms with van der Waals surface area (Å²) in [6.07, 6.45) is 8.90. The summed E-state index contributed by atoms with van der Waals surface area (Å²) in [5.74, 6) is 0.814. The van der Waals surface area contributed by atoms with E-state index in [0.29, 0.717) is 18.1 Å². The number of methoxy groups -OCH3 is 1. The van der Waals surface area contributed by atoms with Gasteiger partial charge < -0.3 is 10.1 Å². The van der Waals surface area contributed by atoms with Gasteiger partial charge in [0.05, 0.1) is 13.0 Å². The van der Waals surface area contributed by atoms with Crippen molar-refractivity contribution in [1.82, 2.24) is 10.2 Å². The highest BCUT2D eigenvalue weighted by atomic mass is 16.5. The van der Waals surface area contributed by atoms with Crippen molar-refractivity contribution >= 4 is 5.97 Å². The summed E-state index contributed by atoms with van der Waals surface area (Å²) >= 11 is 0. The second-order valence-electron chi connectivity index (χ2n) is 7.38. The van der Waals surface area contributed by atoms with Crippen LogP contribution in [0.5, 0.6) is 0 Å². The third-order valence-electron chi connectivity index (χ3n) is 5.88. The number of piperidine rings is 1. The fraction of sp³-hybridized carbons (Fsp3) is 0.941. The molecule has 0 aromatic heterocycles. The minimum atomic E-state index is -0.0232. The van der Waals surface area contributed by atoms with Gasteiger partial charge in [-0.1, -0.05) is 19.8 Å². The Bertz CT molecular complexity index is 368. The van der Waals surface area contributed by atoms with E-state index < -0.39 is 0 Å². The lowest BCUT2D eigenvalue weighted by atomic mass is 9.78. The molecular weight excluding hydrogens is 264 g/mol. The van der Waals surface area contributed by atoms with Crippen LogP contribution >= 0.6 is 0 Å². The van der Waals surface area contributed by atoms with Crippen molar-refractivity contribution in [1.29, 1.82) is 0 Å². The van der Waals surface area contributed by atoms with Crippen molar-refractivity contribution in [3.8, 4) is 0 Å². The van der Waals surface area contributed by atoms with Gasteiger partial charge in [-0.3, -0.25) is 9.69 Å². The Kier molecular flexibility index (Phi) is 4.85. The average molecular weight is 294 g/mol. The van der Waals surface area contributed by atoms with Crippen LogP contribution in [0.25, 0.3) is 0 Å². The van der Waals surface area contributed by atoms with E-state index in [1.807, 2.05) is 0 Å². The van der Waals surface area contributed by atoms with Crippen molar-refractivity contribution in [2.24, 2.45) is 11.8 Å². The predicted octanol–water partition coefficient (Wildman–Crippen LogP) is 2.18. The van der Waals surface area contributed by atoms with Gasteiger partial charge in [0.2, 0.25) is 0 Å². The van der Waals surface area contributed by atoms with Crippen LogP contribution in [0.1, 0.15) is 51.9 Å². The molecule has 120 valence electrons. The van der Waals surface area contributed by atoms with Crippen LogP contribution in [0.3, 0.4) is 0 Å². The van der Waals surface area contributed by atoms with Crippen LogP contribution in [-0.4, -0.2) is 49.2 Å². The Morgan fingerprint density at radius 1 is 1.10 bits per heavy atom. The van der Waals surface area contributed by atoms with Crippen molar-refractivity contribution in [2.45, 2.75) is 70.0 Å². The van der Waals surface area contributed by atoms with Gasteiger partial charge in [0.25, 0.3) is 0 Å². The molecule has 0 radical (unpaired) electrons. The maximum atomic E-state index is 12.0. The molecule has 3 fully saturated rings. The summed E-state index contributed by atoms with van der Waals surface area (Å²) in [4.78, 5) is 14.6. The topological polar surface area (TPSA) is 41.6 Å². The van der Waals surface area contributed by atoms with E-state index >= 15 is 0 Å². The number of carbonyl (C=O) groups excluding carboxylic acids is 1. The standard InChI is InChI=1S/C17H30N2O2/c1-12-7-8-16(12)19-10-13(17(20)21-2)9-15(11-19)18-14-5-3-4-6-14/h12-16,18H,3-11H2,1-2H3. The second kappa shape index (κ2) is 6.66. The number of rotatable bonds is 4. The number of likely N-dealkylation sites (tertiary alicyclic amines) is 1. The van der Waals surface area contributed by atoms with Crippen molar-refractivity contribution < 1.29 is 9.53 Å². The van der Waals surface area contributed by atoms with Gasteiger partial charge in [-0.15, -0.1) is 0 Å². The Hall–Kier alpha value is -0.610. The summed E-state index contributed by atoms with van der Waals surface area (Å²) < 4.78 is 5.02. The third-order valence-corrected chi connectivity index (χ3v) is 5.88. The lowest BCUT2D eigenvalue weighted by Gasteiger charge is -2.48. The van der Waals surface area contributed by atoms with Crippen LogP contribution < -0.4 is 5.32 Å². The highest BCUT2D eigenvalue weighted by Gasteiger charge is 2.40. The minimum absolute atomic E-state index is 0.0232. The molecule has 1 saturated heterocycles.